The van der Waals surface area contributed by atoms with Gasteiger partial charge in [0.2, 0.25) is 5.67 Å². The monoisotopic (exact) mass is 285 g/mol. The second-order valence-electron chi connectivity index (χ2n) is 4.50. The number of ketones is 1. The van der Waals surface area contributed by atoms with Crippen LogP contribution in [-0.2, 0) is 4.79 Å². The van der Waals surface area contributed by atoms with E-state index in [-0.39, 0.29) is 18.7 Å². The standard InChI is InChI=1S/C12H12FNO4S/c1-7(15)8-4-9(19-5-8)10(16)14-3-2-12(13,6-14)11(17)18/h4-5H,2-3,6H2,1H3,(H,17,18). The summed E-state index contributed by atoms with van der Waals surface area (Å²) in [6.45, 7) is 1.01. The normalized spacial score (nSPS) is 22.5. The molecule has 1 N–H and O–H groups in total. The number of aliphatic carboxylic acids is 1. The van der Waals surface area contributed by atoms with Gasteiger partial charge in [-0.3, -0.25) is 9.59 Å². The van der Waals surface area contributed by atoms with Gasteiger partial charge in [0.05, 0.1) is 11.4 Å². The van der Waals surface area contributed by atoms with Crippen molar-refractivity contribution in [2.24, 2.45) is 0 Å². The number of thiophene rings is 1. The molecule has 19 heavy (non-hydrogen) atoms. The fraction of sp³-hybridized carbons (Fsp3) is 0.417. The fourth-order valence-corrected chi connectivity index (χ4v) is 2.82. The Morgan fingerprint density at radius 2 is 2.16 bits per heavy atom. The first-order chi connectivity index (χ1) is 8.83. The Balaban J connectivity index is 2.13. The lowest BCUT2D eigenvalue weighted by molar-refractivity contribution is -0.149. The molecule has 0 bridgehead atoms. The van der Waals surface area contributed by atoms with E-state index in [4.69, 9.17) is 5.11 Å². The summed E-state index contributed by atoms with van der Waals surface area (Å²) >= 11 is 1.10. The van der Waals surface area contributed by atoms with Gasteiger partial charge in [-0.05, 0) is 13.0 Å². The van der Waals surface area contributed by atoms with E-state index >= 15 is 0 Å². The second kappa shape index (κ2) is 4.73. The quantitative estimate of drug-likeness (QED) is 0.856. The molecule has 0 saturated carbocycles. The SMILES string of the molecule is CC(=O)c1csc(C(=O)N2CCC(F)(C(=O)O)C2)c1. The van der Waals surface area contributed by atoms with Gasteiger partial charge in [0.15, 0.2) is 5.78 Å². The molecule has 1 saturated heterocycles. The van der Waals surface area contributed by atoms with Gasteiger partial charge in [0, 0.05) is 23.9 Å². The lowest BCUT2D eigenvalue weighted by Crippen LogP contribution is -2.38. The smallest absolute Gasteiger partial charge is 0.343 e. The van der Waals surface area contributed by atoms with Crippen molar-refractivity contribution in [3.8, 4) is 0 Å². The second-order valence-corrected chi connectivity index (χ2v) is 5.41. The van der Waals surface area contributed by atoms with Gasteiger partial charge >= 0.3 is 5.97 Å². The van der Waals surface area contributed by atoms with Crippen molar-refractivity contribution in [2.45, 2.75) is 19.0 Å². The number of hydrogen-bond acceptors (Lipinski definition) is 4. The highest BCUT2D eigenvalue weighted by Crippen LogP contribution is 2.28. The summed E-state index contributed by atoms with van der Waals surface area (Å²) in [7, 11) is 0. The summed E-state index contributed by atoms with van der Waals surface area (Å²) in [5.41, 5.74) is -1.94. The third-order valence-electron chi connectivity index (χ3n) is 3.11. The maximum absolute atomic E-state index is 13.9. The van der Waals surface area contributed by atoms with E-state index in [2.05, 4.69) is 0 Å². The Labute approximate surface area is 112 Å². The Bertz CT molecular complexity index is 556. The Morgan fingerprint density at radius 3 is 2.63 bits per heavy atom. The first-order valence-corrected chi connectivity index (χ1v) is 6.52. The van der Waals surface area contributed by atoms with Gasteiger partial charge in [0.1, 0.15) is 0 Å². The lowest BCUT2D eigenvalue weighted by Gasteiger charge is -2.16. The molecule has 1 unspecified atom stereocenters. The van der Waals surface area contributed by atoms with Gasteiger partial charge in [-0.2, -0.15) is 0 Å². The first kappa shape index (κ1) is 13.7. The molecule has 5 nitrogen and oxygen atoms in total. The number of nitrogens with zero attached hydrogens (tertiary/aromatic N) is 1. The van der Waals surface area contributed by atoms with E-state index in [1.54, 1.807) is 5.38 Å². The van der Waals surface area contributed by atoms with Crippen LogP contribution in [0, 0.1) is 0 Å². The molecule has 1 aliphatic heterocycles. The fourth-order valence-electron chi connectivity index (χ4n) is 1.91. The number of halogens is 1. The minimum absolute atomic E-state index is 0.0644. The van der Waals surface area contributed by atoms with Crippen LogP contribution in [0.1, 0.15) is 33.4 Å². The summed E-state index contributed by atoms with van der Waals surface area (Å²) < 4.78 is 13.9. The minimum atomic E-state index is -2.36. The molecule has 1 aromatic heterocycles. The molecule has 0 spiro atoms. The highest BCUT2D eigenvalue weighted by Gasteiger charge is 2.47. The van der Waals surface area contributed by atoms with Crippen LogP contribution < -0.4 is 0 Å². The molecule has 0 aliphatic carbocycles. The molecule has 1 aliphatic rings. The molecule has 1 atom stereocenters. The highest BCUT2D eigenvalue weighted by molar-refractivity contribution is 7.12. The molecule has 7 heteroatoms. The van der Waals surface area contributed by atoms with E-state index in [0.29, 0.717) is 10.4 Å². The summed E-state index contributed by atoms with van der Waals surface area (Å²) in [6.07, 6.45) is -0.209. The Hall–Kier alpha value is -1.76. The maximum atomic E-state index is 13.9. The number of Topliss-reactive ketones (excluding diaryl/α,β-unsaturated/α-hetero) is 1. The topological polar surface area (TPSA) is 74.7 Å². The number of hydrogen-bond donors (Lipinski definition) is 1. The largest absolute Gasteiger partial charge is 0.479 e. The maximum Gasteiger partial charge on any atom is 0.343 e. The van der Waals surface area contributed by atoms with Crippen LogP contribution in [0.2, 0.25) is 0 Å². The van der Waals surface area contributed by atoms with Crippen molar-refractivity contribution < 1.29 is 23.9 Å². The summed E-state index contributed by atoms with van der Waals surface area (Å²) in [5, 5.41) is 10.3. The zero-order valence-corrected chi connectivity index (χ0v) is 11.0. The molecule has 102 valence electrons. The van der Waals surface area contributed by atoms with Crippen LogP contribution in [0.25, 0.3) is 0 Å². The number of carboxylic acid groups (broad SMARTS) is 1. The zero-order valence-electron chi connectivity index (χ0n) is 10.2. The van der Waals surface area contributed by atoms with Crippen LogP contribution in [0.3, 0.4) is 0 Å². The van der Waals surface area contributed by atoms with Crippen LogP contribution in [0.5, 0.6) is 0 Å². The van der Waals surface area contributed by atoms with Crippen LogP contribution in [-0.4, -0.2) is 46.4 Å². The van der Waals surface area contributed by atoms with Gasteiger partial charge in [-0.15, -0.1) is 11.3 Å². The molecule has 0 radical (unpaired) electrons. The summed E-state index contributed by atoms with van der Waals surface area (Å²) in [4.78, 5) is 35.5. The average Bonchev–Trinajstić information content (AvgIpc) is 2.95. The van der Waals surface area contributed by atoms with Crippen molar-refractivity contribution in [2.75, 3.05) is 13.1 Å². The number of rotatable bonds is 3. The zero-order chi connectivity index (χ0) is 14.2. The van der Waals surface area contributed by atoms with E-state index in [1.165, 1.54) is 17.9 Å². The Kier molecular flexibility index (Phi) is 3.40. The number of amides is 1. The predicted molar refractivity (Wildman–Crippen MR) is 66.3 cm³/mol. The van der Waals surface area contributed by atoms with Crippen molar-refractivity contribution in [1.82, 2.24) is 4.90 Å². The van der Waals surface area contributed by atoms with Gasteiger partial charge in [0.25, 0.3) is 5.91 Å². The highest BCUT2D eigenvalue weighted by atomic mass is 32.1. The number of alkyl halides is 1. The molecule has 2 rings (SSSR count). The van der Waals surface area contributed by atoms with Crippen molar-refractivity contribution in [3.05, 3.63) is 21.9 Å². The number of likely N-dealkylation sites (tertiary alicyclic amines) is 1. The molecule has 1 fully saturated rings. The molecule has 1 aromatic rings. The van der Waals surface area contributed by atoms with Crippen molar-refractivity contribution in [3.63, 3.8) is 0 Å². The van der Waals surface area contributed by atoms with Crippen LogP contribution in [0.15, 0.2) is 11.4 Å². The van der Waals surface area contributed by atoms with Gasteiger partial charge < -0.3 is 10.0 Å². The summed E-state index contributed by atoms with van der Waals surface area (Å²) in [5.74, 6) is -2.13. The van der Waals surface area contributed by atoms with Crippen molar-refractivity contribution >= 4 is 29.0 Å². The molecule has 1 amide bonds. The molecule has 0 aromatic carbocycles. The minimum Gasteiger partial charge on any atom is -0.479 e. The van der Waals surface area contributed by atoms with Crippen LogP contribution >= 0.6 is 11.3 Å². The third-order valence-corrected chi connectivity index (χ3v) is 4.02. The predicted octanol–water partition coefficient (Wildman–Crippen LogP) is 1.59. The summed E-state index contributed by atoms with van der Waals surface area (Å²) in [6, 6.07) is 1.45. The van der Waals surface area contributed by atoms with E-state index < -0.39 is 24.1 Å². The van der Waals surface area contributed by atoms with Crippen LogP contribution in [0.4, 0.5) is 4.39 Å². The number of carboxylic acids is 1. The van der Waals surface area contributed by atoms with Gasteiger partial charge in [-0.25, -0.2) is 9.18 Å². The lowest BCUT2D eigenvalue weighted by atomic mass is 10.1. The van der Waals surface area contributed by atoms with Crippen molar-refractivity contribution in [1.29, 1.82) is 0 Å². The number of carbonyl (C=O) groups is 3. The Morgan fingerprint density at radius 1 is 1.47 bits per heavy atom. The molecular formula is C12H12FNO4S. The van der Waals surface area contributed by atoms with Gasteiger partial charge in [-0.1, -0.05) is 0 Å². The third kappa shape index (κ3) is 2.51. The molecule has 2 heterocycles. The van der Waals surface area contributed by atoms with E-state index in [1.807, 2.05) is 0 Å². The van der Waals surface area contributed by atoms with E-state index in [9.17, 15) is 18.8 Å². The first-order valence-electron chi connectivity index (χ1n) is 5.64. The molecular weight excluding hydrogens is 273 g/mol. The van der Waals surface area contributed by atoms with E-state index in [0.717, 1.165) is 11.3 Å². The average molecular weight is 285 g/mol. The number of carbonyl (C=O) groups excluding carboxylic acids is 2.